The van der Waals surface area contributed by atoms with E-state index < -0.39 is 0 Å². The van der Waals surface area contributed by atoms with Crippen LogP contribution in [0, 0.1) is 0 Å². The number of amides is 1. The fourth-order valence-corrected chi connectivity index (χ4v) is 3.09. The van der Waals surface area contributed by atoms with Crippen molar-refractivity contribution in [2.75, 3.05) is 7.11 Å². The van der Waals surface area contributed by atoms with Crippen LogP contribution in [0.3, 0.4) is 0 Å². The smallest absolute Gasteiger partial charge is 0.261 e. The van der Waals surface area contributed by atoms with Crippen LogP contribution in [0.25, 0.3) is 10.1 Å². The van der Waals surface area contributed by atoms with Crippen LogP contribution in [0.1, 0.15) is 15.2 Å². The highest BCUT2D eigenvalue weighted by Crippen LogP contribution is 2.28. The molecular formula is C17H15NO2S. The van der Waals surface area contributed by atoms with Crippen LogP contribution < -0.4 is 10.1 Å². The minimum absolute atomic E-state index is 0.0426. The van der Waals surface area contributed by atoms with Gasteiger partial charge in [0, 0.05) is 11.2 Å². The number of carbonyl (C=O) groups is 1. The Bertz CT molecular complexity index is 765. The van der Waals surface area contributed by atoms with Gasteiger partial charge in [0.05, 0.1) is 12.0 Å². The van der Waals surface area contributed by atoms with Crippen molar-refractivity contribution >= 4 is 27.3 Å². The molecule has 0 saturated carbocycles. The first kappa shape index (κ1) is 13.6. The molecule has 0 saturated heterocycles. The highest BCUT2D eigenvalue weighted by atomic mass is 32.1. The fourth-order valence-electron chi connectivity index (χ4n) is 2.13. The lowest BCUT2D eigenvalue weighted by atomic mass is 10.2. The van der Waals surface area contributed by atoms with E-state index in [2.05, 4.69) is 5.32 Å². The predicted octanol–water partition coefficient (Wildman–Crippen LogP) is 3.84. The van der Waals surface area contributed by atoms with Crippen molar-refractivity contribution in [2.45, 2.75) is 6.54 Å². The second kappa shape index (κ2) is 5.97. The largest absolute Gasteiger partial charge is 0.497 e. The minimum Gasteiger partial charge on any atom is -0.497 e. The van der Waals surface area contributed by atoms with Gasteiger partial charge < -0.3 is 10.1 Å². The van der Waals surface area contributed by atoms with E-state index in [1.54, 1.807) is 7.11 Å². The van der Waals surface area contributed by atoms with Crippen LogP contribution >= 0.6 is 11.3 Å². The summed E-state index contributed by atoms with van der Waals surface area (Å²) >= 11 is 1.49. The predicted molar refractivity (Wildman–Crippen MR) is 86.0 cm³/mol. The Kier molecular flexibility index (Phi) is 3.88. The fraction of sp³-hybridized carbons (Fsp3) is 0.118. The van der Waals surface area contributed by atoms with Gasteiger partial charge in [-0.1, -0.05) is 30.3 Å². The maximum absolute atomic E-state index is 12.2. The number of carbonyl (C=O) groups excluding carboxylic acids is 1. The summed E-state index contributed by atoms with van der Waals surface area (Å²) in [4.78, 5) is 12.9. The van der Waals surface area contributed by atoms with E-state index in [-0.39, 0.29) is 5.91 Å². The first-order valence-corrected chi connectivity index (χ1v) is 7.47. The van der Waals surface area contributed by atoms with E-state index in [1.807, 2.05) is 54.6 Å². The molecule has 0 bridgehead atoms. The molecule has 4 heteroatoms. The molecule has 3 aromatic rings. The topological polar surface area (TPSA) is 38.3 Å². The Hall–Kier alpha value is -2.33. The van der Waals surface area contributed by atoms with Crippen molar-refractivity contribution in [3.05, 3.63) is 65.0 Å². The van der Waals surface area contributed by atoms with Crippen LogP contribution in [0.5, 0.6) is 5.75 Å². The Morgan fingerprint density at radius 3 is 2.71 bits per heavy atom. The van der Waals surface area contributed by atoms with Gasteiger partial charge in [0.1, 0.15) is 5.75 Å². The first-order chi connectivity index (χ1) is 10.3. The average Bonchev–Trinajstić information content (AvgIpc) is 2.96. The molecule has 0 aliphatic carbocycles. The molecular weight excluding hydrogens is 282 g/mol. The van der Waals surface area contributed by atoms with Gasteiger partial charge in [-0.2, -0.15) is 0 Å². The van der Waals surface area contributed by atoms with Gasteiger partial charge in [-0.25, -0.2) is 0 Å². The van der Waals surface area contributed by atoms with Gasteiger partial charge in [-0.15, -0.1) is 11.3 Å². The van der Waals surface area contributed by atoms with E-state index in [4.69, 9.17) is 4.74 Å². The van der Waals surface area contributed by atoms with Crippen LogP contribution in [0.15, 0.2) is 54.6 Å². The second-order valence-corrected chi connectivity index (χ2v) is 5.77. The van der Waals surface area contributed by atoms with Crippen molar-refractivity contribution in [1.29, 1.82) is 0 Å². The maximum Gasteiger partial charge on any atom is 0.261 e. The van der Waals surface area contributed by atoms with E-state index >= 15 is 0 Å². The zero-order chi connectivity index (χ0) is 14.7. The number of hydrogen-bond acceptors (Lipinski definition) is 3. The van der Waals surface area contributed by atoms with Crippen molar-refractivity contribution in [3.8, 4) is 5.75 Å². The number of benzene rings is 2. The lowest BCUT2D eigenvalue weighted by Gasteiger charge is -2.02. The monoisotopic (exact) mass is 297 g/mol. The maximum atomic E-state index is 12.2. The summed E-state index contributed by atoms with van der Waals surface area (Å²) in [5, 5.41) is 3.98. The highest BCUT2D eigenvalue weighted by molar-refractivity contribution is 7.20. The number of thiophene rings is 1. The molecule has 0 radical (unpaired) electrons. The quantitative estimate of drug-likeness (QED) is 0.794. The molecule has 0 unspecified atom stereocenters. The van der Waals surface area contributed by atoms with Gasteiger partial charge >= 0.3 is 0 Å². The van der Waals surface area contributed by atoms with Crippen molar-refractivity contribution in [2.24, 2.45) is 0 Å². The Balaban J connectivity index is 1.75. The Morgan fingerprint density at radius 2 is 1.95 bits per heavy atom. The molecule has 1 amide bonds. The Labute approximate surface area is 127 Å². The summed E-state index contributed by atoms with van der Waals surface area (Å²) in [6, 6.07) is 17.6. The third-order valence-electron chi connectivity index (χ3n) is 3.24. The van der Waals surface area contributed by atoms with Crippen LogP contribution in [-0.2, 0) is 6.54 Å². The van der Waals surface area contributed by atoms with E-state index in [0.29, 0.717) is 11.4 Å². The highest BCUT2D eigenvalue weighted by Gasteiger charge is 2.10. The molecule has 3 nitrogen and oxygen atoms in total. The number of methoxy groups -OCH3 is 1. The molecule has 0 aliphatic rings. The zero-order valence-corrected chi connectivity index (χ0v) is 12.4. The van der Waals surface area contributed by atoms with Crippen molar-refractivity contribution < 1.29 is 9.53 Å². The first-order valence-electron chi connectivity index (χ1n) is 6.66. The molecule has 106 valence electrons. The van der Waals surface area contributed by atoms with Crippen LogP contribution in [0.2, 0.25) is 0 Å². The lowest BCUT2D eigenvalue weighted by Crippen LogP contribution is -2.21. The number of nitrogens with one attached hydrogen (secondary N) is 1. The number of hydrogen-bond donors (Lipinski definition) is 1. The van der Waals surface area contributed by atoms with Gasteiger partial charge in [-0.3, -0.25) is 4.79 Å². The molecule has 3 rings (SSSR count). The summed E-state index contributed by atoms with van der Waals surface area (Å²) < 4.78 is 6.29. The SMILES string of the molecule is COc1ccc2sc(C(=O)NCc3ccccc3)cc2c1. The van der Waals surface area contributed by atoms with Crippen LogP contribution in [0.4, 0.5) is 0 Å². The molecule has 21 heavy (non-hydrogen) atoms. The summed E-state index contributed by atoms with van der Waals surface area (Å²) in [5.41, 5.74) is 1.09. The zero-order valence-electron chi connectivity index (χ0n) is 11.6. The standard InChI is InChI=1S/C17H15NO2S/c1-20-14-7-8-15-13(9-14)10-16(21-15)17(19)18-11-12-5-3-2-4-6-12/h2-10H,11H2,1H3,(H,18,19). The van der Waals surface area contributed by atoms with Crippen LogP contribution in [-0.4, -0.2) is 13.0 Å². The van der Waals surface area contributed by atoms with E-state index in [0.717, 1.165) is 21.4 Å². The summed E-state index contributed by atoms with van der Waals surface area (Å²) in [6.07, 6.45) is 0. The number of rotatable bonds is 4. The molecule has 0 aliphatic heterocycles. The molecule has 0 atom stereocenters. The third kappa shape index (κ3) is 3.06. The van der Waals surface area contributed by atoms with E-state index in [1.165, 1.54) is 11.3 Å². The Morgan fingerprint density at radius 1 is 1.14 bits per heavy atom. The van der Waals surface area contributed by atoms with E-state index in [9.17, 15) is 4.79 Å². The summed E-state index contributed by atoms with van der Waals surface area (Å²) in [6.45, 7) is 0.539. The van der Waals surface area contributed by atoms with Gasteiger partial charge in [0.25, 0.3) is 5.91 Å². The average molecular weight is 297 g/mol. The molecule has 1 heterocycles. The summed E-state index contributed by atoms with van der Waals surface area (Å²) in [7, 11) is 1.64. The van der Waals surface area contributed by atoms with Crippen molar-refractivity contribution in [1.82, 2.24) is 5.32 Å². The van der Waals surface area contributed by atoms with Crippen molar-refractivity contribution in [3.63, 3.8) is 0 Å². The summed E-state index contributed by atoms with van der Waals surface area (Å²) in [5.74, 6) is 0.760. The second-order valence-electron chi connectivity index (χ2n) is 4.68. The lowest BCUT2D eigenvalue weighted by molar-refractivity contribution is 0.0955. The van der Waals surface area contributed by atoms with Gasteiger partial charge in [-0.05, 0) is 35.2 Å². The molecule has 2 aromatic carbocycles. The minimum atomic E-state index is -0.0426. The van der Waals surface area contributed by atoms with Gasteiger partial charge in [0.15, 0.2) is 0 Å². The molecule has 1 aromatic heterocycles. The third-order valence-corrected chi connectivity index (χ3v) is 4.36. The van der Waals surface area contributed by atoms with Gasteiger partial charge in [0.2, 0.25) is 0 Å². The molecule has 1 N–H and O–H groups in total. The number of fused-ring (bicyclic) bond motifs is 1. The molecule has 0 spiro atoms. The normalized spacial score (nSPS) is 10.5. The number of ether oxygens (including phenoxy) is 1. The molecule has 0 fully saturated rings.